The number of esters is 2. The standard InChI is InChI=1S/C7H13NO4/c1-5(8-3)7(10)12-4-11-6(2)9/h5,8H,4H2,1-3H3. The minimum absolute atomic E-state index is 0.319. The van der Waals surface area contributed by atoms with Crippen LogP contribution in [-0.4, -0.2) is 31.8 Å². The smallest absolute Gasteiger partial charge is 0.325 e. The third-order valence-electron chi connectivity index (χ3n) is 1.25. The molecule has 5 heteroatoms. The van der Waals surface area contributed by atoms with Crippen LogP contribution in [0.2, 0.25) is 0 Å². The number of nitrogens with one attached hydrogen (secondary N) is 1. The molecule has 0 saturated heterocycles. The Labute approximate surface area is 71.0 Å². The maximum atomic E-state index is 10.9. The first-order valence-corrected chi connectivity index (χ1v) is 3.55. The van der Waals surface area contributed by atoms with E-state index in [0.29, 0.717) is 0 Å². The zero-order chi connectivity index (χ0) is 9.56. The summed E-state index contributed by atoms with van der Waals surface area (Å²) in [6.45, 7) is 2.58. The third-order valence-corrected chi connectivity index (χ3v) is 1.25. The molecule has 0 aliphatic carbocycles. The fourth-order valence-corrected chi connectivity index (χ4v) is 0.413. The van der Waals surface area contributed by atoms with Gasteiger partial charge >= 0.3 is 11.9 Å². The molecule has 0 saturated carbocycles. The largest absolute Gasteiger partial charge is 0.428 e. The number of carbonyl (C=O) groups is 2. The van der Waals surface area contributed by atoms with E-state index in [2.05, 4.69) is 14.8 Å². The molecule has 1 N–H and O–H groups in total. The predicted molar refractivity (Wildman–Crippen MR) is 41.2 cm³/mol. The van der Waals surface area contributed by atoms with Crippen LogP contribution in [0.25, 0.3) is 0 Å². The summed E-state index contributed by atoms with van der Waals surface area (Å²) in [6, 6.07) is -0.388. The van der Waals surface area contributed by atoms with Gasteiger partial charge in [0.05, 0.1) is 0 Å². The molecule has 1 unspecified atom stereocenters. The van der Waals surface area contributed by atoms with Crippen molar-refractivity contribution in [3.63, 3.8) is 0 Å². The van der Waals surface area contributed by atoms with Crippen LogP contribution in [0.3, 0.4) is 0 Å². The third kappa shape index (κ3) is 4.68. The van der Waals surface area contributed by atoms with Crippen molar-refractivity contribution < 1.29 is 19.1 Å². The average molecular weight is 175 g/mol. The minimum atomic E-state index is -0.472. The van der Waals surface area contributed by atoms with E-state index in [1.54, 1.807) is 14.0 Å². The van der Waals surface area contributed by atoms with Crippen molar-refractivity contribution in [3.05, 3.63) is 0 Å². The Hall–Kier alpha value is -1.10. The molecule has 0 radical (unpaired) electrons. The van der Waals surface area contributed by atoms with E-state index in [-0.39, 0.29) is 12.8 Å². The number of likely N-dealkylation sites (N-methyl/N-ethyl adjacent to an activating group) is 1. The monoisotopic (exact) mass is 175 g/mol. The van der Waals surface area contributed by atoms with Gasteiger partial charge in [0.2, 0.25) is 6.79 Å². The number of hydrogen-bond acceptors (Lipinski definition) is 5. The van der Waals surface area contributed by atoms with E-state index >= 15 is 0 Å². The molecule has 0 aliphatic heterocycles. The molecule has 0 bridgehead atoms. The lowest BCUT2D eigenvalue weighted by Gasteiger charge is -2.09. The normalized spacial score (nSPS) is 11.9. The number of carbonyl (C=O) groups excluding carboxylic acids is 2. The Morgan fingerprint density at radius 1 is 1.42 bits per heavy atom. The predicted octanol–water partition coefficient (Wildman–Crippen LogP) is -0.342. The Bertz CT molecular complexity index is 169. The maximum Gasteiger partial charge on any atom is 0.325 e. The zero-order valence-electron chi connectivity index (χ0n) is 7.42. The van der Waals surface area contributed by atoms with Crippen molar-refractivity contribution in [2.75, 3.05) is 13.8 Å². The van der Waals surface area contributed by atoms with Crippen LogP contribution in [0.4, 0.5) is 0 Å². The van der Waals surface area contributed by atoms with Gasteiger partial charge in [-0.1, -0.05) is 0 Å². The van der Waals surface area contributed by atoms with Crippen molar-refractivity contribution in [2.45, 2.75) is 19.9 Å². The first-order valence-electron chi connectivity index (χ1n) is 3.55. The van der Waals surface area contributed by atoms with E-state index in [9.17, 15) is 9.59 Å². The van der Waals surface area contributed by atoms with Gasteiger partial charge in [-0.15, -0.1) is 0 Å². The Morgan fingerprint density at radius 2 is 2.00 bits per heavy atom. The molecule has 1 atom stereocenters. The highest BCUT2D eigenvalue weighted by molar-refractivity contribution is 5.75. The Kier molecular flexibility index (Phi) is 5.03. The van der Waals surface area contributed by atoms with Crippen LogP contribution in [0, 0.1) is 0 Å². The van der Waals surface area contributed by atoms with Crippen LogP contribution in [0.5, 0.6) is 0 Å². The molecule has 0 aromatic carbocycles. The van der Waals surface area contributed by atoms with E-state index in [4.69, 9.17) is 0 Å². The summed E-state index contributed by atoms with van der Waals surface area (Å²) in [5.74, 6) is -0.918. The number of ether oxygens (including phenoxy) is 2. The van der Waals surface area contributed by atoms with Crippen LogP contribution < -0.4 is 5.32 Å². The van der Waals surface area contributed by atoms with Gasteiger partial charge < -0.3 is 14.8 Å². The second-order valence-corrected chi connectivity index (χ2v) is 2.23. The minimum Gasteiger partial charge on any atom is -0.428 e. The van der Waals surface area contributed by atoms with Gasteiger partial charge in [-0.05, 0) is 14.0 Å². The van der Waals surface area contributed by atoms with Gasteiger partial charge in [0, 0.05) is 6.92 Å². The lowest BCUT2D eigenvalue weighted by Crippen LogP contribution is -2.33. The molecule has 0 rings (SSSR count). The average Bonchev–Trinajstić information content (AvgIpc) is 2.02. The molecule has 0 aromatic heterocycles. The highest BCUT2D eigenvalue weighted by Gasteiger charge is 2.11. The molecule has 5 nitrogen and oxygen atoms in total. The Balaban J connectivity index is 3.50. The molecule has 0 spiro atoms. The molecular weight excluding hydrogens is 162 g/mol. The number of rotatable bonds is 4. The van der Waals surface area contributed by atoms with Crippen LogP contribution >= 0.6 is 0 Å². The highest BCUT2D eigenvalue weighted by atomic mass is 16.7. The second-order valence-electron chi connectivity index (χ2n) is 2.23. The first-order chi connectivity index (χ1) is 5.57. The van der Waals surface area contributed by atoms with Crippen molar-refractivity contribution in [1.29, 1.82) is 0 Å². The molecular formula is C7H13NO4. The quantitative estimate of drug-likeness (QED) is 0.467. The van der Waals surface area contributed by atoms with Crippen molar-refractivity contribution in [2.24, 2.45) is 0 Å². The fourth-order valence-electron chi connectivity index (χ4n) is 0.413. The van der Waals surface area contributed by atoms with Gasteiger partial charge in [0.25, 0.3) is 0 Å². The lowest BCUT2D eigenvalue weighted by molar-refractivity contribution is -0.166. The molecule has 0 amide bonds. The lowest BCUT2D eigenvalue weighted by atomic mass is 10.4. The number of hydrogen-bond donors (Lipinski definition) is 1. The summed E-state index contributed by atoms with van der Waals surface area (Å²) in [6.07, 6.45) is 0. The molecule has 0 aliphatic rings. The van der Waals surface area contributed by atoms with Gasteiger partial charge in [-0.3, -0.25) is 9.59 Å². The van der Waals surface area contributed by atoms with Crippen LogP contribution in [0.1, 0.15) is 13.8 Å². The van der Waals surface area contributed by atoms with E-state index in [1.165, 1.54) is 6.92 Å². The molecule has 0 aromatic rings. The zero-order valence-corrected chi connectivity index (χ0v) is 7.42. The summed E-state index contributed by atoms with van der Waals surface area (Å²) in [5, 5.41) is 2.69. The van der Waals surface area contributed by atoms with E-state index in [1.807, 2.05) is 0 Å². The molecule has 12 heavy (non-hydrogen) atoms. The van der Waals surface area contributed by atoms with Gasteiger partial charge in [0.1, 0.15) is 6.04 Å². The molecule has 0 heterocycles. The van der Waals surface area contributed by atoms with Gasteiger partial charge in [-0.25, -0.2) is 0 Å². The van der Waals surface area contributed by atoms with Crippen molar-refractivity contribution >= 4 is 11.9 Å². The highest BCUT2D eigenvalue weighted by Crippen LogP contribution is 1.87. The second kappa shape index (κ2) is 5.54. The van der Waals surface area contributed by atoms with Crippen molar-refractivity contribution in [3.8, 4) is 0 Å². The van der Waals surface area contributed by atoms with E-state index < -0.39 is 11.9 Å². The van der Waals surface area contributed by atoms with Gasteiger partial charge in [0.15, 0.2) is 0 Å². The summed E-state index contributed by atoms with van der Waals surface area (Å²) in [5.41, 5.74) is 0. The Morgan fingerprint density at radius 3 is 2.42 bits per heavy atom. The van der Waals surface area contributed by atoms with Gasteiger partial charge in [-0.2, -0.15) is 0 Å². The maximum absolute atomic E-state index is 10.9. The van der Waals surface area contributed by atoms with Crippen LogP contribution in [-0.2, 0) is 19.1 Å². The topological polar surface area (TPSA) is 64.6 Å². The molecule has 70 valence electrons. The molecule has 0 fully saturated rings. The van der Waals surface area contributed by atoms with Crippen molar-refractivity contribution in [1.82, 2.24) is 5.32 Å². The fraction of sp³-hybridized carbons (Fsp3) is 0.714. The summed E-state index contributed by atoms with van der Waals surface area (Å²) in [7, 11) is 1.64. The summed E-state index contributed by atoms with van der Waals surface area (Å²) < 4.78 is 8.96. The SMILES string of the molecule is CNC(C)C(=O)OCOC(C)=O. The summed E-state index contributed by atoms with van der Waals surface area (Å²) >= 11 is 0. The van der Waals surface area contributed by atoms with Crippen LogP contribution in [0.15, 0.2) is 0 Å². The first kappa shape index (κ1) is 10.9. The summed E-state index contributed by atoms with van der Waals surface area (Å²) in [4.78, 5) is 21.1. The van der Waals surface area contributed by atoms with E-state index in [0.717, 1.165) is 0 Å².